The fraction of sp³-hybridized carbons (Fsp3) is 0.361. The second-order valence-corrected chi connectivity index (χ2v) is 12.2. The number of likely N-dealkylation sites (N-methyl/N-ethyl adjacent to an activating group) is 1. The quantitative estimate of drug-likeness (QED) is 0.207. The van der Waals surface area contributed by atoms with Gasteiger partial charge in [0.15, 0.2) is 0 Å². The molecule has 0 unspecified atom stereocenters. The minimum absolute atomic E-state index is 0.0603. The van der Waals surface area contributed by atoms with Crippen molar-refractivity contribution in [3.05, 3.63) is 88.9 Å². The van der Waals surface area contributed by atoms with Crippen molar-refractivity contribution in [1.29, 1.82) is 0 Å². The first-order valence-electron chi connectivity index (χ1n) is 15.6. The SMILES string of the molecule is COc1ccc(OC)c(CN(C(=O)Oc2c(C)cc(C)cc2C)c2ccnc(Nc3ccc(N4C[C@@H](C)N(C)[C@@H](C)C4)c(F)c3)n2)c1. The lowest BCUT2D eigenvalue weighted by Gasteiger charge is -2.43. The number of rotatable bonds is 9. The number of nitrogens with zero attached hydrogens (tertiary/aromatic N) is 5. The zero-order chi connectivity index (χ0) is 33.8. The van der Waals surface area contributed by atoms with Gasteiger partial charge in [0, 0.05) is 42.6 Å². The second-order valence-electron chi connectivity index (χ2n) is 12.2. The summed E-state index contributed by atoms with van der Waals surface area (Å²) < 4.78 is 32.5. The van der Waals surface area contributed by atoms with E-state index in [9.17, 15) is 4.79 Å². The number of carbonyl (C=O) groups is 1. The lowest BCUT2D eigenvalue weighted by Crippen LogP contribution is -2.55. The predicted molar refractivity (Wildman–Crippen MR) is 183 cm³/mol. The van der Waals surface area contributed by atoms with E-state index in [0.717, 1.165) is 29.8 Å². The minimum Gasteiger partial charge on any atom is -0.497 e. The first-order chi connectivity index (χ1) is 22.5. The average molecular weight is 643 g/mol. The molecule has 1 amide bonds. The van der Waals surface area contributed by atoms with Crippen LogP contribution in [-0.2, 0) is 6.54 Å². The van der Waals surface area contributed by atoms with Crippen LogP contribution in [0.15, 0.2) is 60.8 Å². The molecule has 0 saturated carbocycles. The Labute approximate surface area is 276 Å². The van der Waals surface area contributed by atoms with Gasteiger partial charge in [-0.05, 0) is 95.3 Å². The zero-order valence-electron chi connectivity index (χ0n) is 28.3. The monoisotopic (exact) mass is 642 g/mol. The molecule has 2 atom stereocenters. The van der Waals surface area contributed by atoms with Gasteiger partial charge in [-0.25, -0.2) is 14.2 Å². The highest BCUT2D eigenvalue weighted by Gasteiger charge is 2.28. The Hall–Kier alpha value is -4.90. The van der Waals surface area contributed by atoms with Gasteiger partial charge in [-0.1, -0.05) is 17.7 Å². The van der Waals surface area contributed by atoms with Crippen molar-refractivity contribution in [3.8, 4) is 17.2 Å². The maximum absolute atomic E-state index is 15.4. The molecule has 47 heavy (non-hydrogen) atoms. The van der Waals surface area contributed by atoms with E-state index in [0.29, 0.717) is 46.3 Å². The summed E-state index contributed by atoms with van der Waals surface area (Å²) in [6.07, 6.45) is 0.897. The van der Waals surface area contributed by atoms with E-state index in [1.807, 2.05) is 32.9 Å². The second kappa shape index (κ2) is 14.3. The Bertz CT molecular complexity index is 1720. The van der Waals surface area contributed by atoms with E-state index in [1.165, 1.54) is 17.2 Å². The normalized spacial score (nSPS) is 16.5. The van der Waals surface area contributed by atoms with Crippen molar-refractivity contribution in [2.75, 3.05) is 49.5 Å². The molecule has 3 aromatic carbocycles. The molecule has 0 radical (unpaired) electrons. The van der Waals surface area contributed by atoms with Gasteiger partial charge in [-0.3, -0.25) is 9.80 Å². The van der Waals surface area contributed by atoms with Crippen molar-refractivity contribution in [2.45, 2.75) is 53.2 Å². The number of ether oxygens (including phenoxy) is 3. The van der Waals surface area contributed by atoms with Crippen LogP contribution >= 0.6 is 0 Å². The highest BCUT2D eigenvalue weighted by atomic mass is 19.1. The summed E-state index contributed by atoms with van der Waals surface area (Å²) in [5.74, 6) is 1.78. The van der Waals surface area contributed by atoms with Crippen LogP contribution < -0.4 is 29.3 Å². The molecule has 1 aliphatic rings. The fourth-order valence-corrected chi connectivity index (χ4v) is 6.02. The topological polar surface area (TPSA) is 92.3 Å². The molecule has 0 aliphatic carbocycles. The lowest BCUT2D eigenvalue weighted by atomic mass is 10.1. The fourth-order valence-electron chi connectivity index (χ4n) is 6.02. The third-order valence-corrected chi connectivity index (χ3v) is 8.65. The van der Waals surface area contributed by atoms with E-state index in [4.69, 9.17) is 14.2 Å². The molecule has 1 N–H and O–H groups in total. The summed E-state index contributed by atoms with van der Waals surface area (Å²) in [7, 11) is 5.24. The number of hydrogen-bond donors (Lipinski definition) is 1. The van der Waals surface area contributed by atoms with E-state index >= 15 is 4.39 Å². The van der Waals surface area contributed by atoms with Crippen LogP contribution in [-0.4, -0.2) is 67.4 Å². The molecule has 1 aromatic heterocycles. The largest absolute Gasteiger partial charge is 0.497 e. The molecule has 1 aliphatic heterocycles. The Morgan fingerprint density at radius 2 is 1.68 bits per heavy atom. The first kappa shape index (κ1) is 33.5. The molecular weight excluding hydrogens is 599 g/mol. The summed E-state index contributed by atoms with van der Waals surface area (Å²) >= 11 is 0. The van der Waals surface area contributed by atoms with Crippen molar-refractivity contribution < 1.29 is 23.4 Å². The number of amides is 1. The first-order valence-corrected chi connectivity index (χ1v) is 15.6. The van der Waals surface area contributed by atoms with Crippen LogP contribution in [0.25, 0.3) is 0 Å². The molecule has 2 heterocycles. The predicted octanol–water partition coefficient (Wildman–Crippen LogP) is 7.04. The van der Waals surface area contributed by atoms with Crippen molar-refractivity contribution in [3.63, 3.8) is 0 Å². The van der Waals surface area contributed by atoms with Crippen LogP contribution in [0.2, 0.25) is 0 Å². The van der Waals surface area contributed by atoms with Gasteiger partial charge in [0.2, 0.25) is 5.95 Å². The maximum Gasteiger partial charge on any atom is 0.421 e. The van der Waals surface area contributed by atoms with Crippen LogP contribution in [0.3, 0.4) is 0 Å². The van der Waals surface area contributed by atoms with Crippen LogP contribution in [0.1, 0.15) is 36.1 Å². The Morgan fingerprint density at radius 3 is 2.32 bits per heavy atom. The van der Waals surface area contributed by atoms with Gasteiger partial charge in [0.1, 0.15) is 28.9 Å². The summed E-state index contributed by atoms with van der Waals surface area (Å²) in [6, 6.07) is 16.5. The Balaban J connectivity index is 1.44. The van der Waals surface area contributed by atoms with E-state index in [2.05, 4.69) is 46.0 Å². The molecule has 5 rings (SSSR count). The van der Waals surface area contributed by atoms with Crippen molar-refractivity contribution >= 4 is 29.2 Å². The van der Waals surface area contributed by atoms with Crippen LogP contribution in [0, 0.1) is 26.6 Å². The highest BCUT2D eigenvalue weighted by Crippen LogP contribution is 2.31. The number of carbonyl (C=O) groups excluding carboxylic acids is 1. The number of aromatic nitrogens is 2. The molecule has 0 spiro atoms. The molecule has 248 valence electrons. The number of nitrogens with one attached hydrogen (secondary N) is 1. The van der Waals surface area contributed by atoms with Gasteiger partial charge in [-0.15, -0.1) is 0 Å². The zero-order valence-corrected chi connectivity index (χ0v) is 28.3. The Kier molecular flexibility index (Phi) is 10.1. The van der Waals surface area contributed by atoms with Crippen LogP contribution in [0.4, 0.5) is 32.3 Å². The summed E-state index contributed by atoms with van der Waals surface area (Å²) in [5, 5.41) is 3.10. The number of hydrogen-bond acceptors (Lipinski definition) is 9. The third-order valence-electron chi connectivity index (χ3n) is 8.65. The average Bonchev–Trinajstić information content (AvgIpc) is 3.03. The summed E-state index contributed by atoms with van der Waals surface area (Å²) in [5.41, 5.74) is 4.46. The van der Waals surface area contributed by atoms with Gasteiger partial charge < -0.3 is 24.4 Å². The number of halogens is 1. The van der Waals surface area contributed by atoms with Gasteiger partial charge in [0.25, 0.3) is 0 Å². The molecule has 4 aromatic rings. The minimum atomic E-state index is -0.638. The van der Waals surface area contributed by atoms with Crippen LogP contribution in [0.5, 0.6) is 17.2 Å². The Morgan fingerprint density at radius 1 is 0.979 bits per heavy atom. The molecule has 1 fully saturated rings. The third kappa shape index (κ3) is 7.57. The standard InChI is InChI=1S/C36H43FN6O4/c1-22-15-23(2)34(24(3)16-22)47-36(44)43(21-27-17-29(45-7)10-12-32(27)46-8)33-13-14-38-35(40-33)39-28-9-11-31(30(37)18-28)42-19-25(4)41(6)26(5)20-42/h9-18,25-26H,19-21H2,1-8H3,(H,38,39,40)/t25-,26+. The molecule has 0 bridgehead atoms. The van der Waals surface area contributed by atoms with Crippen molar-refractivity contribution in [1.82, 2.24) is 14.9 Å². The number of piperazine rings is 1. The summed E-state index contributed by atoms with van der Waals surface area (Å²) in [4.78, 5) is 28.7. The number of anilines is 4. The molecule has 10 nitrogen and oxygen atoms in total. The van der Waals surface area contributed by atoms with Gasteiger partial charge in [-0.2, -0.15) is 4.98 Å². The smallest absolute Gasteiger partial charge is 0.421 e. The van der Waals surface area contributed by atoms with E-state index < -0.39 is 6.09 Å². The summed E-state index contributed by atoms with van der Waals surface area (Å²) in [6.45, 7) is 11.6. The van der Waals surface area contributed by atoms with E-state index in [1.54, 1.807) is 50.6 Å². The van der Waals surface area contributed by atoms with Gasteiger partial charge >= 0.3 is 6.09 Å². The number of methoxy groups -OCH3 is 2. The van der Waals surface area contributed by atoms with Gasteiger partial charge in [0.05, 0.1) is 26.5 Å². The molecule has 1 saturated heterocycles. The van der Waals surface area contributed by atoms with E-state index in [-0.39, 0.29) is 24.1 Å². The number of benzene rings is 3. The molecule has 11 heteroatoms. The maximum atomic E-state index is 15.4. The van der Waals surface area contributed by atoms with Crippen molar-refractivity contribution in [2.24, 2.45) is 0 Å². The molecular formula is C36H43FN6O4. The number of aryl methyl sites for hydroxylation is 3. The highest BCUT2D eigenvalue weighted by molar-refractivity contribution is 5.88. The lowest BCUT2D eigenvalue weighted by molar-refractivity contribution is 0.169.